The van der Waals surface area contributed by atoms with Crippen molar-refractivity contribution in [3.8, 4) is 11.5 Å². The summed E-state index contributed by atoms with van der Waals surface area (Å²) >= 11 is 1.75. The quantitative estimate of drug-likeness (QED) is 0.711. The van der Waals surface area contributed by atoms with E-state index in [2.05, 4.69) is 6.92 Å². The summed E-state index contributed by atoms with van der Waals surface area (Å²) in [5.74, 6) is -0.248. The van der Waals surface area contributed by atoms with Crippen molar-refractivity contribution in [3.05, 3.63) is 48.0 Å². The molecule has 1 aliphatic rings. The molecule has 2 aromatic rings. The first-order chi connectivity index (χ1) is 13.5. The number of amides is 1. The zero-order valence-corrected chi connectivity index (χ0v) is 17.0. The predicted octanol–water partition coefficient (Wildman–Crippen LogP) is 3.78. The van der Waals surface area contributed by atoms with Crippen molar-refractivity contribution in [2.24, 2.45) is 0 Å². The van der Waals surface area contributed by atoms with Crippen molar-refractivity contribution >= 4 is 29.3 Å². The molecule has 0 radical (unpaired) electrons. The topological polar surface area (TPSA) is 65.1 Å². The molecule has 0 spiro atoms. The van der Waals surface area contributed by atoms with Gasteiger partial charge in [-0.2, -0.15) is 0 Å². The summed E-state index contributed by atoms with van der Waals surface area (Å²) in [6.07, 6.45) is 0.860. The molecule has 1 amide bonds. The van der Waals surface area contributed by atoms with Crippen LogP contribution in [0.4, 0.5) is 5.69 Å². The molecule has 3 rings (SSSR count). The van der Waals surface area contributed by atoms with E-state index in [0.717, 1.165) is 17.0 Å². The number of fused-ring (bicyclic) bond motifs is 1. The van der Waals surface area contributed by atoms with Crippen LogP contribution >= 0.6 is 11.8 Å². The highest BCUT2D eigenvalue weighted by molar-refractivity contribution is 8.00. The fraction of sp³-hybridized carbons (Fsp3) is 0.333. The first-order valence-electron chi connectivity index (χ1n) is 8.99. The minimum Gasteiger partial charge on any atom is -0.496 e. The van der Waals surface area contributed by atoms with E-state index < -0.39 is 5.97 Å². The Morgan fingerprint density at radius 3 is 2.43 bits per heavy atom. The van der Waals surface area contributed by atoms with Crippen molar-refractivity contribution in [3.63, 3.8) is 0 Å². The van der Waals surface area contributed by atoms with Gasteiger partial charge in [0, 0.05) is 16.7 Å². The van der Waals surface area contributed by atoms with E-state index in [-0.39, 0.29) is 18.1 Å². The number of anilines is 1. The van der Waals surface area contributed by atoms with Crippen LogP contribution in [0.25, 0.3) is 0 Å². The highest BCUT2D eigenvalue weighted by atomic mass is 32.2. The lowest BCUT2D eigenvalue weighted by atomic mass is 10.2. The van der Waals surface area contributed by atoms with Crippen LogP contribution < -0.4 is 14.4 Å². The van der Waals surface area contributed by atoms with Gasteiger partial charge in [0.15, 0.2) is 6.61 Å². The number of methoxy groups -OCH3 is 2. The van der Waals surface area contributed by atoms with Gasteiger partial charge in [-0.25, -0.2) is 4.79 Å². The smallest absolute Gasteiger partial charge is 0.346 e. The van der Waals surface area contributed by atoms with Crippen molar-refractivity contribution < 1.29 is 23.8 Å². The Hall–Kier alpha value is -2.67. The second-order valence-corrected chi connectivity index (χ2v) is 7.82. The molecule has 28 heavy (non-hydrogen) atoms. The summed E-state index contributed by atoms with van der Waals surface area (Å²) < 4.78 is 15.8. The monoisotopic (exact) mass is 401 g/mol. The zero-order chi connectivity index (χ0) is 20.1. The van der Waals surface area contributed by atoms with Gasteiger partial charge in [-0.05, 0) is 30.7 Å². The second-order valence-electron chi connectivity index (χ2n) is 6.34. The third-order valence-corrected chi connectivity index (χ3v) is 5.74. The number of hydrogen-bond acceptors (Lipinski definition) is 6. The first kappa shape index (κ1) is 20.1. The molecule has 148 valence electrons. The molecule has 0 aliphatic carbocycles. The average molecular weight is 401 g/mol. The fourth-order valence-corrected chi connectivity index (χ4v) is 4.19. The van der Waals surface area contributed by atoms with Crippen LogP contribution in [0.1, 0.15) is 23.7 Å². The maximum absolute atomic E-state index is 12.8. The van der Waals surface area contributed by atoms with Crippen LogP contribution in [-0.2, 0) is 9.53 Å². The lowest BCUT2D eigenvalue weighted by Crippen LogP contribution is -2.35. The number of rotatable bonds is 5. The molecule has 6 nitrogen and oxygen atoms in total. The van der Waals surface area contributed by atoms with Gasteiger partial charge in [0.25, 0.3) is 5.91 Å². The van der Waals surface area contributed by atoms with Gasteiger partial charge < -0.3 is 19.1 Å². The van der Waals surface area contributed by atoms with Crippen molar-refractivity contribution in [1.29, 1.82) is 0 Å². The van der Waals surface area contributed by atoms with E-state index >= 15 is 0 Å². The molecule has 0 N–H and O–H groups in total. The second kappa shape index (κ2) is 9.01. The lowest BCUT2D eigenvalue weighted by Gasteiger charge is -2.22. The summed E-state index contributed by atoms with van der Waals surface area (Å²) in [5.41, 5.74) is 1.02. The number of carbonyl (C=O) groups is 2. The molecule has 0 fully saturated rings. The Labute approximate surface area is 168 Å². The SMILES string of the molecule is COc1cccc(OC)c1C(=O)OCC(=O)N1CC[C@H](C)Sc2ccccc21. The number of para-hydroxylation sites is 1. The molecule has 0 saturated heterocycles. The van der Waals surface area contributed by atoms with Crippen LogP contribution in [0, 0.1) is 0 Å². The molecule has 0 aromatic heterocycles. The largest absolute Gasteiger partial charge is 0.496 e. The maximum Gasteiger partial charge on any atom is 0.346 e. The summed E-state index contributed by atoms with van der Waals surface area (Å²) in [6.45, 7) is 2.37. The highest BCUT2D eigenvalue weighted by Crippen LogP contribution is 2.37. The summed E-state index contributed by atoms with van der Waals surface area (Å²) in [5, 5.41) is 0.402. The first-order valence-corrected chi connectivity index (χ1v) is 9.87. The Morgan fingerprint density at radius 1 is 1.07 bits per heavy atom. The lowest BCUT2D eigenvalue weighted by molar-refractivity contribution is -0.121. The fourth-order valence-electron chi connectivity index (χ4n) is 3.08. The number of nitrogens with zero attached hydrogens (tertiary/aromatic N) is 1. The predicted molar refractivity (Wildman–Crippen MR) is 109 cm³/mol. The van der Waals surface area contributed by atoms with Crippen LogP contribution in [0.5, 0.6) is 11.5 Å². The minimum absolute atomic E-state index is 0.167. The molecule has 1 atom stereocenters. The van der Waals surface area contributed by atoms with Gasteiger partial charge in [-0.3, -0.25) is 4.79 Å². The van der Waals surface area contributed by atoms with Gasteiger partial charge >= 0.3 is 5.97 Å². The number of ether oxygens (including phenoxy) is 3. The van der Waals surface area contributed by atoms with Gasteiger partial charge in [-0.1, -0.05) is 25.1 Å². The molecule has 0 bridgehead atoms. The van der Waals surface area contributed by atoms with Gasteiger partial charge in [0.2, 0.25) is 0 Å². The van der Waals surface area contributed by atoms with Gasteiger partial charge in [-0.15, -0.1) is 11.8 Å². The average Bonchev–Trinajstić information content (AvgIpc) is 2.89. The van der Waals surface area contributed by atoms with E-state index in [9.17, 15) is 9.59 Å². The van der Waals surface area contributed by atoms with Gasteiger partial charge in [0.05, 0.1) is 19.9 Å². The van der Waals surface area contributed by atoms with Crippen LogP contribution in [0.2, 0.25) is 0 Å². The van der Waals surface area contributed by atoms with E-state index in [1.54, 1.807) is 34.9 Å². The maximum atomic E-state index is 12.8. The number of thioether (sulfide) groups is 1. The van der Waals surface area contributed by atoms with Gasteiger partial charge in [0.1, 0.15) is 17.1 Å². The third-order valence-electron chi connectivity index (χ3n) is 4.50. The molecule has 0 saturated carbocycles. The summed E-state index contributed by atoms with van der Waals surface area (Å²) in [4.78, 5) is 28.2. The normalized spacial score (nSPS) is 16.0. The van der Waals surface area contributed by atoms with E-state index in [0.29, 0.717) is 23.3 Å². The van der Waals surface area contributed by atoms with E-state index in [1.165, 1.54) is 14.2 Å². The zero-order valence-electron chi connectivity index (χ0n) is 16.1. The standard InChI is InChI=1S/C21H23NO5S/c1-14-11-12-22(15-7-4-5-10-18(15)28-14)19(23)13-27-21(24)20-16(25-2)8-6-9-17(20)26-3/h4-10,14H,11-13H2,1-3H3/t14-/m0/s1. The van der Waals surface area contributed by atoms with Crippen molar-refractivity contribution in [1.82, 2.24) is 0 Å². The molecular formula is C21H23NO5S. The minimum atomic E-state index is -0.659. The summed E-state index contributed by atoms with van der Waals surface area (Å²) in [6, 6.07) is 12.8. The van der Waals surface area contributed by atoms with Crippen LogP contribution in [-0.4, -0.2) is 44.5 Å². The summed E-state index contributed by atoms with van der Waals surface area (Å²) in [7, 11) is 2.92. The van der Waals surface area contributed by atoms with E-state index in [4.69, 9.17) is 14.2 Å². The van der Waals surface area contributed by atoms with Crippen molar-refractivity contribution in [2.75, 3.05) is 32.3 Å². The number of carbonyl (C=O) groups excluding carboxylic acids is 2. The molecule has 1 heterocycles. The molecular weight excluding hydrogens is 378 g/mol. The Balaban J connectivity index is 1.75. The van der Waals surface area contributed by atoms with Crippen LogP contribution in [0.3, 0.4) is 0 Å². The number of esters is 1. The number of hydrogen-bond donors (Lipinski definition) is 0. The molecule has 7 heteroatoms. The molecule has 2 aromatic carbocycles. The third kappa shape index (κ3) is 4.25. The Kier molecular flexibility index (Phi) is 6.46. The van der Waals surface area contributed by atoms with E-state index in [1.807, 2.05) is 24.3 Å². The number of benzene rings is 2. The molecule has 1 aliphatic heterocycles. The Bertz CT molecular complexity index is 847. The highest BCUT2D eigenvalue weighted by Gasteiger charge is 2.26. The Morgan fingerprint density at radius 2 is 1.75 bits per heavy atom. The van der Waals surface area contributed by atoms with Crippen molar-refractivity contribution in [2.45, 2.75) is 23.5 Å². The van der Waals surface area contributed by atoms with Crippen LogP contribution in [0.15, 0.2) is 47.4 Å². The molecule has 0 unspecified atom stereocenters.